The average molecular weight is 352 g/mol. The van der Waals surface area contributed by atoms with Crippen LogP contribution in [-0.4, -0.2) is 9.97 Å². The summed E-state index contributed by atoms with van der Waals surface area (Å²) in [4.78, 5) is 8.29. The second-order valence-corrected chi connectivity index (χ2v) is 4.84. The first-order chi connectivity index (χ1) is 9.73. The van der Waals surface area contributed by atoms with Gasteiger partial charge in [-0.25, -0.2) is 0 Å². The summed E-state index contributed by atoms with van der Waals surface area (Å²) in [5, 5.41) is 0. The maximum Gasteiger partial charge on any atom is 0.0647 e. The number of nitrogens with zero attached hydrogens (tertiary/aromatic N) is 2. The van der Waals surface area contributed by atoms with Gasteiger partial charge in [-0.2, -0.15) is 0 Å². The lowest BCUT2D eigenvalue weighted by molar-refractivity contribution is 1.08. The number of alkyl halides is 4. The van der Waals surface area contributed by atoms with Crippen LogP contribution in [0.15, 0.2) is 36.4 Å². The van der Waals surface area contributed by atoms with E-state index in [1.807, 2.05) is 36.4 Å². The average Bonchev–Trinajstić information content (AvgIpc) is 2.55. The molecule has 2 aromatic rings. The van der Waals surface area contributed by atoms with Crippen molar-refractivity contribution in [1.29, 1.82) is 0 Å². The second kappa shape index (κ2) is 10.2. The summed E-state index contributed by atoms with van der Waals surface area (Å²) in [5.41, 5.74) is 3.50. The summed E-state index contributed by atoms with van der Waals surface area (Å²) in [5.74, 6) is 1.80. The van der Waals surface area contributed by atoms with Gasteiger partial charge in [-0.05, 0) is 24.3 Å². The van der Waals surface area contributed by atoms with Crippen molar-refractivity contribution in [2.75, 3.05) is 0 Å². The third-order valence-electron chi connectivity index (χ3n) is 2.28. The molecular formula is C14H14Cl4N2. The van der Waals surface area contributed by atoms with E-state index in [-0.39, 0.29) is 0 Å². The van der Waals surface area contributed by atoms with Crippen LogP contribution in [0.4, 0.5) is 0 Å². The van der Waals surface area contributed by atoms with Crippen LogP contribution in [-0.2, 0) is 23.5 Å². The second-order valence-electron chi connectivity index (χ2n) is 3.78. The van der Waals surface area contributed by atoms with E-state index >= 15 is 0 Å². The Morgan fingerprint density at radius 2 is 0.800 bits per heavy atom. The van der Waals surface area contributed by atoms with Crippen molar-refractivity contribution in [3.05, 3.63) is 59.2 Å². The molecule has 2 nitrogen and oxygen atoms in total. The highest BCUT2D eigenvalue weighted by Crippen LogP contribution is 2.04. The van der Waals surface area contributed by atoms with E-state index in [1.54, 1.807) is 0 Å². The van der Waals surface area contributed by atoms with Crippen molar-refractivity contribution in [3.63, 3.8) is 0 Å². The topological polar surface area (TPSA) is 25.8 Å². The number of aromatic nitrogens is 2. The molecule has 0 saturated carbocycles. The van der Waals surface area contributed by atoms with Crippen molar-refractivity contribution in [2.24, 2.45) is 0 Å². The molecule has 0 aliphatic rings. The van der Waals surface area contributed by atoms with Crippen LogP contribution in [0.25, 0.3) is 0 Å². The maximum atomic E-state index is 5.55. The highest BCUT2D eigenvalue weighted by atomic mass is 35.5. The molecule has 0 saturated heterocycles. The molecule has 2 heterocycles. The molecule has 0 N–H and O–H groups in total. The highest BCUT2D eigenvalue weighted by molar-refractivity contribution is 6.17. The standard InChI is InChI=1S/2C7H7Cl2N/c2*8-4-6-2-1-3-7(5-9)10-6/h2*1-3H,4-5H2. The Balaban J connectivity index is 0.000000200. The summed E-state index contributed by atoms with van der Waals surface area (Å²) in [7, 11) is 0. The van der Waals surface area contributed by atoms with Gasteiger partial charge in [0.15, 0.2) is 0 Å². The molecule has 20 heavy (non-hydrogen) atoms. The van der Waals surface area contributed by atoms with Gasteiger partial charge in [0.25, 0.3) is 0 Å². The molecule has 0 aliphatic carbocycles. The van der Waals surface area contributed by atoms with E-state index in [0.29, 0.717) is 23.5 Å². The molecule has 0 atom stereocenters. The molecule has 0 aromatic carbocycles. The summed E-state index contributed by atoms with van der Waals surface area (Å²) < 4.78 is 0. The van der Waals surface area contributed by atoms with Crippen LogP contribution in [0.3, 0.4) is 0 Å². The van der Waals surface area contributed by atoms with Gasteiger partial charge in [0.1, 0.15) is 0 Å². The third-order valence-corrected chi connectivity index (χ3v) is 3.37. The fourth-order valence-electron chi connectivity index (χ4n) is 1.36. The van der Waals surface area contributed by atoms with Gasteiger partial charge in [-0.3, -0.25) is 9.97 Å². The summed E-state index contributed by atoms with van der Waals surface area (Å²) >= 11 is 22.2. The smallest absolute Gasteiger partial charge is 0.0647 e. The van der Waals surface area contributed by atoms with Crippen LogP contribution in [0.2, 0.25) is 0 Å². The first-order valence-electron chi connectivity index (χ1n) is 5.87. The Kier molecular flexibility index (Phi) is 8.95. The first kappa shape index (κ1) is 17.5. The number of pyridine rings is 2. The lowest BCUT2D eigenvalue weighted by Crippen LogP contribution is -1.89. The maximum absolute atomic E-state index is 5.55. The zero-order chi connectivity index (χ0) is 14.8. The van der Waals surface area contributed by atoms with Gasteiger partial charge in [0.2, 0.25) is 0 Å². The zero-order valence-corrected chi connectivity index (χ0v) is 13.7. The molecule has 108 valence electrons. The molecule has 0 unspecified atom stereocenters. The van der Waals surface area contributed by atoms with E-state index in [0.717, 1.165) is 22.8 Å². The lowest BCUT2D eigenvalue weighted by atomic mass is 10.3. The Morgan fingerprint density at radius 1 is 0.550 bits per heavy atom. The monoisotopic (exact) mass is 350 g/mol. The Morgan fingerprint density at radius 3 is 1.00 bits per heavy atom. The van der Waals surface area contributed by atoms with Gasteiger partial charge in [-0.15, -0.1) is 46.4 Å². The summed E-state index contributed by atoms with van der Waals surface area (Å²) in [6.45, 7) is 0. The minimum atomic E-state index is 0.449. The normalized spacial score (nSPS) is 9.80. The van der Waals surface area contributed by atoms with Crippen LogP contribution in [0.5, 0.6) is 0 Å². The summed E-state index contributed by atoms with van der Waals surface area (Å²) in [6.07, 6.45) is 0. The van der Waals surface area contributed by atoms with Crippen molar-refractivity contribution in [2.45, 2.75) is 23.5 Å². The van der Waals surface area contributed by atoms with Gasteiger partial charge in [0.05, 0.1) is 46.3 Å². The lowest BCUT2D eigenvalue weighted by Gasteiger charge is -1.95. The fourth-order valence-corrected chi connectivity index (χ4v) is 1.95. The van der Waals surface area contributed by atoms with Gasteiger partial charge < -0.3 is 0 Å². The number of rotatable bonds is 4. The third kappa shape index (κ3) is 6.27. The van der Waals surface area contributed by atoms with Crippen LogP contribution in [0, 0.1) is 0 Å². The quantitative estimate of drug-likeness (QED) is 0.714. The SMILES string of the molecule is ClCc1cccc(CCl)n1.ClCc1cccc(CCl)n1. The van der Waals surface area contributed by atoms with Crippen molar-refractivity contribution in [1.82, 2.24) is 9.97 Å². The molecule has 2 aromatic heterocycles. The van der Waals surface area contributed by atoms with Crippen LogP contribution >= 0.6 is 46.4 Å². The van der Waals surface area contributed by atoms with Crippen LogP contribution < -0.4 is 0 Å². The molecule has 0 amide bonds. The molecule has 0 aliphatic heterocycles. The zero-order valence-electron chi connectivity index (χ0n) is 10.7. The largest absolute Gasteiger partial charge is 0.255 e. The number of halogens is 4. The van der Waals surface area contributed by atoms with E-state index in [2.05, 4.69) is 9.97 Å². The van der Waals surface area contributed by atoms with Crippen LogP contribution in [0.1, 0.15) is 22.8 Å². The van der Waals surface area contributed by atoms with Crippen molar-refractivity contribution in [3.8, 4) is 0 Å². The molecule has 6 heteroatoms. The van der Waals surface area contributed by atoms with E-state index in [1.165, 1.54) is 0 Å². The van der Waals surface area contributed by atoms with Gasteiger partial charge in [0, 0.05) is 0 Å². The molecule has 0 spiro atoms. The molecule has 0 bridgehead atoms. The highest BCUT2D eigenvalue weighted by Gasteiger charge is 1.93. The van der Waals surface area contributed by atoms with E-state index in [4.69, 9.17) is 46.4 Å². The summed E-state index contributed by atoms with van der Waals surface area (Å²) in [6, 6.07) is 11.3. The predicted octanol–water partition coefficient (Wildman–Crippen LogP) is 5.12. The predicted molar refractivity (Wildman–Crippen MR) is 86.7 cm³/mol. The number of hydrogen-bond donors (Lipinski definition) is 0. The van der Waals surface area contributed by atoms with Crippen molar-refractivity contribution >= 4 is 46.4 Å². The molecule has 2 rings (SSSR count). The minimum Gasteiger partial charge on any atom is -0.255 e. The van der Waals surface area contributed by atoms with Gasteiger partial charge >= 0.3 is 0 Å². The first-order valence-corrected chi connectivity index (χ1v) is 8.00. The Hall–Kier alpha value is -0.540. The van der Waals surface area contributed by atoms with Crippen molar-refractivity contribution < 1.29 is 0 Å². The van der Waals surface area contributed by atoms with Gasteiger partial charge in [-0.1, -0.05) is 12.1 Å². The minimum absolute atomic E-state index is 0.449. The van der Waals surface area contributed by atoms with E-state index in [9.17, 15) is 0 Å². The molecular weight excluding hydrogens is 338 g/mol. The molecule has 0 fully saturated rings. The number of hydrogen-bond acceptors (Lipinski definition) is 2. The Labute approximate surface area is 139 Å². The van der Waals surface area contributed by atoms with E-state index < -0.39 is 0 Å². The fraction of sp³-hybridized carbons (Fsp3) is 0.286. The Bertz CT molecular complexity index is 434. The molecule has 0 radical (unpaired) electrons.